The number of benzene rings is 3. The summed E-state index contributed by atoms with van der Waals surface area (Å²) in [5, 5.41) is 8.73. The van der Waals surface area contributed by atoms with Crippen molar-refractivity contribution < 1.29 is 14.3 Å². The molecular formula is C23H23N3O3. The van der Waals surface area contributed by atoms with Crippen molar-refractivity contribution in [3.63, 3.8) is 0 Å². The van der Waals surface area contributed by atoms with Crippen molar-refractivity contribution in [1.82, 2.24) is 5.32 Å². The fourth-order valence-corrected chi connectivity index (χ4v) is 2.71. The molecule has 0 saturated carbocycles. The summed E-state index contributed by atoms with van der Waals surface area (Å²) in [5.74, 6) is 0.357. The van der Waals surface area contributed by atoms with E-state index in [0.717, 1.165) is 11.3 Å². The van der Waals surface area contributed by atoms with Gasteiger partial charge in [-0.05, 0) is 42.0 Å². The van der Waals surface area contributed by atoms with Gasteiger partial charge >= 0.3 is 0 Å². The Morgan fingerprint density at radius 3 is 2.34 bits per heavy atom. The minimum Gasteiger partial charge on any atom is -0.497 e. The van der Waals surface area contributed by atoms with E-state index in [-0.39, 0.29) is 18.4 Å². The molecule has 0 bridgehead atoms. The molecule has 0 aromatic heterocycles. The van der Waals surface area contributed by atoms with E-state index in [1.807, 2.05) is 42.5 Å². The van der Waals surface area contributed by atoms with Crippen molar-refractivity contribution in [3.05, 3.63) is 90.0 Å². The molecule has 0 heterocycles. The first-order valence-electron chi connectivity index (χ1n) is 9.24. The lowest BCUT2D eigenvalue weighted by molar-refractivity contribution is -0.114. The number of amides is 2. The molecular weight excluding hydrogens is 366 g/mol. The summed E-state index contributed by atoms with van der Waals surface area (Å²) >= 11 is 0. The lowest BCUT2D eigenvalue weighted by Gasteiger charge is -2.10. The number of hydrogen-bond acceptors (Lipinski definition) is 4. The minimum atomic E-state index is -0.178. The fourth-order valence-electron chi connectivity index (χ4n) is 2.71. The molecule has 0 aliphatic heterocycles. The van der Waals surface area contributed by atoms with Crippen LogP contribution in [0.4, 0.5) is 11.4 Å². The van der Waals surface area contributed by atoms with E-state index in [4.69, 9.17) is 4.74 Å². The predicted octanol–water partition coefficient (Wildman–Crippen LogP) is 3.68. The Morgan fingerprint density at radius 2 is 1.62 bits per heavy atom. The first kappa shape index (κ1) is 19.9. The highest BCUT2D eigenvalue weighted by Gasteiger charge is 2.07. The van der Waals surface area contributed by atoms with E-state index < -0.39 is 0 Å². The van der Waals surface area contributed by atoms with Crippen LogP contribution in [0.25, 0.3) is 0 Å². The molecule has 0 fully saturated rings. The van der Waals surface area contributed by atoms with E-state index in [0.29, 0.717) is 23.5 Å². The van der Waals surface area contributed by atoms with Crippen LogP contribution in [-0.2, 0) is 11.3 Å². The third-order valence-electron chi connectivity index (χ3n) is 4.25. The third-order valence-corrected chi connectivity index (χ3v) is 4.25. The van der Waals surface area contributed by atoms with E-state index in [2.05, 4.69) is 16.0 Å². The molecule has 3 rings (SSSR count). The summed E-state index contributed by atoms with van der Waals surface area (Å²) in [6, 6.07) is 23.9. The van der Waals surface area contributed by atoms with Crippen molar-refractivity contribution in [2.24, 2.45) is 0 Å². The maximum atomic E-state index is 12.2. The molecule has 0 radical (unpaired) electrons. The van der Waals surface area contributed by atoms with Crippen LogP contribution in [0.5, 0.6) is 5.75 Å². The number of carbonyl (C=O) groups excluding carboxylic acids is 2. The molecule has 148 valence electrons. The fraction of sp³-hybridized carbons (Fsp3) is 0.130. The average Bonchev–Trinajstić information content (AvgIpc) is 2.77. The second kappa shape index (κ2) is 9.94. The molecule has 6 nitrogen and oxygen atoms in total. The third kappa shape index (κ3) is 6.10. The Balaban J connectivity index is 1.47. The van der Waals surface area contributed by atoms with Gasteiger partial charge in [0.05, 0.1) is 13.7 Å². The smallest absolute Gasteiger partial charge is 0.251 e. The molecule has 0 aliphatic carbocycles. The molecule has 3 aromatic rings. The lowest BCUT2D eigenvalue weighted by Crippen LogP contribution is -2.23. The number of nitrogens with one attached hydrogen (secondary N) is 3. The monoisotopic (exact) mass is 389 g/mol. The number of hydrogen-bond donors (Lipinski definition) is 3. The summed E-state index contributed by atoms with van der Waals surface area (Å²) in [6.07, 6.45) is 0. The Morgan fingerprint density at radius 1 is 0.862 bits per heavy atom. The normalized spacial score (nSPS) is 10.1. The molecule has 0 spiro atoms. The largest absolute Gasteiger partial charge is 0.497 e. The Bertz CT molecular complexity index is 957. The number of methoxy groups -OCH3 is 1. The molecule has 2 amide bonds. The maximum absolute atomic E-state index is 12.2. The lowest BCUT2D eigenvalue weighted by atomic mass is 10.1. The molecule has 29 heavy (non-hydrogen) atoms. The Hall–Kier alpha value is -3.80. The van der Waals surface area contributed by atoms with Gasteiger partial charge in [-0.3, -0.25) is 9.59 Å². The molecule has 0 aliphatic rings. The summed E-state index contributed by atoms with van der Waals surface area (Å²) in [5.41, 5.74) is 3.03. The summed E-state index contributed by atoms with van der Waals surface area (Å²) in [4.78, 5) is 24.3. The van der Waals surface area contributed by atoms with Gasteiger partial charge in [0.1, 0.15) is 5.75 Å². The number of anilines is 2. The van der Waals surface area contributed by atoms with E-state index in [9.17, 15) is 9.59 Å². The van der Waals surface area contributed by atoms with Gasteiger partial charge in [0.2, 0.25) is 5.91 Å². The molecule has 3 aromatic carbocycles. The van der Waals surface area contributed by atoms with Crippen LogP contribution in [0.1, 0.15) is 15.9 Å². The molecule has 0 unspecified atom stereocenters. The van der Waals surface area contributed by atoms with Gasteiger partial charge in [-0.15, -0.1) is 0 Å². The second-order valence-corrected chi connectivity index (χ2v) is 6.38. The highest BCUT2D eigenvalue weighted by atomic mass is 16.5. The summed E-state index contributed by atoms with van der Waals surface area (Å²) in [7, 11) is 1.58. The van der Waals surface area contributed by atoms with Gasteiger partial charge in [0.25, 0.3) is 5.91 Å². The molecule has 6 heteroatoms. The van der Waals surface area contributed by atoms with Crippen LogP contribution in [-0.4, -0.2) is 25.5 Å². The van der Waals surface area contributed by atoms with Crippen molar-refractivity contribution in [2.75, 3.05) is 24.3 Å². The van der Waals surface area contributed by atoms with Crippen molar-refractivity contribution in [3.8, 4) is 5.75 Å². The van der Waals surface area contributed by atoms with E-state index in [1.54, 1.807) is 43.5 Å². The van der Waals surface area contributed by atoms with Crippen LogP contribution in [0.3, 0.4) is 0 Å². The van der Waals surface area contributed by atoms with Crippen LogP contribution in [0, 0.1) is 0 Å². The van der Waals surface area contributed by atoms with Crippen LogP contribution < -0.4 is 20.7 Å². The van der Waals surface area contributed by atoms with Crippen LogP contribution in [0.2, 0.25) is 0 Å². The van der Waals surface area contributed by atoms with Gasteiger partial charge in [-0.1, -0.05) is 36.4 Å². The second-order valence-electron chi connectivity index (χ2n) is 6.38. The van der Waals surface area contributed by atoms with Crippen LogP contribution >= 0.6 is 0 Å². The zero-order valence-electron chi connectivity index (χ0n) is 16.1. The highest BCUT2D eigenvalue weighted by Crippen LogP contribution is 2.16. The quantitative estimate of drug-likeness (QED) is 0.549. The zero-order chi connectivity index (χ0) is 20.5. The van der Waals surface area contributed by atoms with E-state index in [1.165, 1.54) is 0 Å². The Labute approximate surface area is 169 Å². The summed E-state index contributed by atoms with van der Waals surface area (Å²) in [6.45, 7) is 0.584. The average molecular weight is 389 g/mol. The zero-order valence-corrected chi connectivity index (χ0v) is 16.1. The van der Waals surface area contributed by atoms with Crippen molar-refractivity contribution in [1.29, 1.82) is 0 Å². The highest BCUT2D eigenvalue weighted by molar-refractivity contribution is 5.95. The van der Waals surface area contributed by atoms with Crippen molar-refractivity contribution >= 4 is 23.2 Å². The van der Waals surface area contributed by atoms with Gasteiger partial charge in [0, 0.05) is 29.5 Å². The number of carbonyl (C=O) groups is 2. The predicted molar refractivity (Wildman–Crippen MR) is 114 cm³/mol. The van der Waals surface area contributed by atoms with Gasteiger partial charge in [0.15, 0.2) is 0 Å². The Kier molecular flexibility index (Phi) is 6.84. The maximum Gasteiger partial charge on any atom is 0.251 e. The molecule has 0 saturated heterocycles. The number of ether oxygens (including phenoxy) is 1. The summed E-state index contributed by atoms with van der Waals surface area (Å²) < 4.78 is 5.14. The minimum absolute atomic E-state index is 0.108. The first-order valence-corrected chi connectivity index (χ1v) is 9.24. The first-order chi connectivity index (χ1) is 14.1. The molecule has 0 atom stereocenters. The van der Waals surface area contributed by atoms with Crippen molar-refractivity contribution in [2.45, 2.75) is 6.54 Å². The molecule has 3 N–H and O–H groups in total. The van der Waals surface area contributed by atoms with Gasteiger partial charge < -0.3 is 20.7 Å². The SMILES string of the molecule is COc1cccc(NC(=O)CNc2ccc(C(=O)NCc3ccccc3)cc2)c1. The van der Waals surface area contributed by atoms with Crippen LogP contribution in [0.15, 0.2) is 78.9 Å². The van der Waals surface area contributed by atoms with Gasteiger partial charge in [-0.2, -0.15) is 0 Å². The topological polar surface area (TPSA) is 79.5 Å². The standard InChI is InChI=1S/C23H23N3O3/c1-29-21-9-5-8-20(14-21)26-22(27)16-24-19-12-10-18(11-13-19)23(28)25-15-17-6-3-2-4-7-17/h2-14,24H,15-16H2,1H3,(H,25,28)(H,26,27). The van der Waals surface area contributed by atoms with E-state index >= 15 is 0 Å². The number of rotatable bonds is 8. The van der Waals surface area contributed by atoms with Gasteiger partial charge in [-0.25, -0.2) is 0 Å².